The van der Waals surface area contributed by atoms with Gasteiger partial charge in [0.1, 0.15) is 11.5 Å². The molecule has 1 heterocycles. The van der Waals surface area contributed by atoms with Crippen LogP contribution in [0.2, 0.25) is 0 Å². The average molecular weight is 325 g/mol. The maximum absolute atomic E-state index is 13.6. The van der Waals surface area contributed by atoms with Gasteiger partial charge in [-0.05, 0) is 41.4 Å². The maximum atomic E-state index is 13.6. The first-order valence-corrected chi connectivity index (χ1v) is 6.79. The molecule has 2 aromatic rings. The monoisotopic (exact) mass is 324 g/mol. The Labute approximate surface area is 119 Å². The van der Waals surface area contributed by atoms with Crippen LogP contribution in [-0.2, 0) is 6.42 Å². The highest BCUT2D eigenvalue weighted by Gasteiger charge is 2.20. The van der Waals surface area contributed by atoms with E-state index >= 15 is 0 Å². The van der Waals surface area contributed by atoms with Gasteiger partial charge in [0, 0.05) is 12.5 Å². The molecule has 1 aromatic heterocycles. The van der Waals surface area contributed by atoms with E-state index in [1.807, 2.05) is 13.8 Å². The maximum Gasteiger partial charge on any atom is 0.186 e. The highest BCUT2D eigenvalue weighted by Crippen LogP contribution is 2.22. The summed E-state index contributed by atoms with van der Waals surface area (Å²) in [4.78, 5) is 12.3. The summed E-state index contributed by atoms with van der Waals surface area (Å²) in [5, 5.41) is 4.16. The number of rotatable bonds is 4. The molecule has 100 valence electrons. The molecule has 19 heavy (non-hydrogen) atoms. The number of carbonyl (C=O) groups is 1. The number of halogens is 2. The van der Waals surface area contributed by atoms with E-state index in [4.69, 9.17) is 0 Å². The molecule has 0 aliphatic rings. The largest absolute Gasteiger partial charge is 0.292 e. The Morgan fingerprint density at radius 3 is 2.74 bits per heavy atom. The van der Waals surface area contributed by atoms with Crippen LogP contribution in [0.5, 0.6) is 0 Å². The molecule has 0 saturated carbocycles. The molecule has 1 aromatic carbocycles. The summed E-state index contributed by atoms with van der Waals surface area (Å²) in [7, 11) is 0. The van der Waals surface area contributed by atoms with Gasteiger partial charge in [0.15, 0.2) is 5.78 Å². The van der Waals surface area contributed by atoms with Crippen molar-refractivity contribution in [2.45, 2.75) is 26.3 Å². The number of aromatic nitrogens is 2. The Bertz CT molecular complexity index is 607. The minimum atomic E-state index is -0.359. The number of benzene rings is 1. The third-order valence-corrected chi connectivity index (χ3v) is 3.39. The van der Waals surface area contributed by atoms with Gasteiger partial charge in [0.25, 0.3) is 0 Å². The van der Waals surface area contributed by atoms with Crippen LogP contribution >= 0.6 is 15.9 Å². The van der Waals surface area contributed by atoms with Crippen molar-refractivity contribution in [3.63, 3.8) is 0 Å². The van der Waals surface area contributed by atoms with Crippen LogP contribution in [0.4, 0.5) is 4.39 Å². The number of nitrogens with zero attached hydrogens (tertiary/aromatic N) is 2. The first kappa shape index (κ1) is 13.9. The molecule has 0 saturated heterocycles. The number of ketones is 1. The van der Waals surface area contributed by atoms with Crippen LogP contribution in [0.1, 0.15) is 35.9 Å². The van der Waals surface area contributed by atoms with Crippen LogP contribution in [0.25, 0.3) is 0 Å². The normalized spacial score (nSPS) is 11.0. The van der Waals surface area contributed by atoms with Gasteiger partial charge in [-0.1, -0.05) is 18.2 Å². The van der Waals surface area contributed by atoms with Gasteiger partial charge < -0.3 is 0 Å². The molecule has 0 unspecified atom stereocenters. The predicted octanol–water partition coefficient (Wildman–Crippen LogP) is 3.79. The van der Waals surface area contributed by atoms with Crippen molar-refractivity contribution in [1.82, 2.24) is 9.78 Å². The summed E-state index contributed by atoms with van der Waals surface area (Å²) >= 11 is 3.32. The molecular formula is C14H14BrFN2O. The lowest BCUT2D eigenvalue weighted by Crippen LogP contribution is -2.15. The first-order valence-electron chi connectivity index (χ1n) is 6.00. The molecule has 0 aliphatic heterocycles. The summed E-state index contributed by atoms with van der Waals surface area (Å²) in [6, 6.07) is 6.39. The fourth-order valence-electron chi connectivity index (χ4n) is 1.89. The van der Waals surface area contributed by atoms with Gasteiger partial charge in [-0.15, -0.1) is 0 Å². The fourth-order valence-corrected chi connectivity index (χ4v) is 2.39. The second-order valence-electron chi connectivity index (χ2n) is 4.57. The topological polar surface area (TPSA) is 34.9 Å². The molecule has 0 fully saturated rings. The Hall–Kier alpha value is -1.49. The second-order valence-corrected chi connectivity index (χ2v) is 5.43. The van der Waals surface area contributed by atoms with Crippen LogP contribution in [-0.4, -0.2) is 15.6 Å². The van der Waals surface area contributed by atoms with Crippen LogP contribution in [0.3, 0.4) is 0 Å². The minimum Gasteiger partial charge on any atom is -0.292 e. The van der Waals surface area contributed by atoms with Crippen molar-refractivity contribution in [3.8, 4) is 0 Å². The Balaban J connectivity index is 2.31. The lowest BCUT2D eigenvalue weighted by Gasteiger charge is -2.10. The summed E-state index contributed by atoms with van der Waals surface area (Å²) in [6.45, 7) is 3.89. The van der Waals surface area contributed by atoms with Crippen LogP contribution in [0.15, 0.2) is 34.9 Å². The van der Waals surface area contributed by atoms with E-state index < -0.39 is 0 Å². The zero-order chi connectivity index (χ0) is 14.0. The van der Waals surface area contributed by atoms with Crippen molar-refractivity contribution in [2.24, 2.45) is 0 Å². The van der Waals surface area contributed by atoms with E-state index in [2.05, 4.69) is 21.0 Å². The molecule has 0 amide bonds. The van der Waals surface area contributed by atoms with E-state index in [-0.39, 0.29) is 24.1 Å². The average Bonchev–Trinajstić information content (AvgIpc) is 2.74. The number of hydrogen-bond donors (Lipinski definition) is 0. The molecule has 0 radical (unpaired) electrons. The zero-order valence-corrected chi connectivity index (χ0v) is 12.3. The highest BCUT2D eigenvalue weighted by molar-refractivity contribution is 9.10. The smallest absolute Gasteiger partial charge is 0.186 e. The predicted molar refractivity (Wildman–Crippen MR) is 74.7 cm³/mol. The molecule has 0 spiro atoms. The van der Waals surface area contributed by atoms with Gasteiger partial charge in [-0.2, -0.15) is 5.10 Å². The van der Waals surface area contributed by atoms with Crippen molar-refractivity contribution in [1.29, 1.82) is 0 Å². The Morgan fingerprint density at radius 1 is 1.42 bits per heavy atom. The van der Waals surface area contributed by atoms with Crippen molar-refractivity contribution < 1.29 is 9.18 Å². The first-order chi connectivity index (χ1) is 9.00. The summed E-state index contributed by atoms with van der Waals surface area (Å²) in [5.74, 6) is -0.509. The van der Waals surface area contributed by atoms with E-state index in [0.717, 1.165) is 0 Å². The van der Waals surface area contributed by atoms with E-state index in [1.165, 1.54) is 6.07 Å². The summed E-state index contributed by atoms with van der Waals surface area (Å²) < 4.78 is 15.9. The number of carbonyl (C=O) groups excluding carboxylic acids is 1. The van der Waals surface area contributed by atoms with Crippen LogP contribution in [0, 0.1) is 5.82 Å². The molecule has 2 rings (SSSR count). The Kier molecular flexibility index (Phi) is 4.14. The van der Waals surface area contributed by atoms with Gasteiger partial charge in [0.2, 0.25) is 0 Å². The summed E-state index contributed by atoms with van der Waals surface area (Å²) in [5.41, 5.74) is 0.883. The molecule has 5 heteroatoms. The quantitative estimate of drug-likeness (QED) is 0.802. The van der Waals surface area contributed by atoms with Gasteiger partial charge in [0.05, 0.1) is 10.7 Å². The molecule has 0 aliphatic carbocycles. The molecule has 3 nitrogen and oxygen atoms in total. The number of hydrogen-bond acceptors (Lipinski definition) is 2. The second kappa shape index (κ2) is 5.65. The molecule has 0 bridgehead atoms. The Morgan fingerprint density at radius 2 is 2.11 bits per heavy atom. The van der Waals surface area contributed by atoms with Crippen LogP contribution < -0.4 is 0 Å². The van der Waals surface area contributed by atoms with Crippen molar-refractivity contribution in [2.75, 3.05) is 0 Å². The lowest BCUT2D eigenvalue weighted by molar-refractivity contribution is 0.0979. The molecule has 0 N–H and O–H groups in total. The number of Topliss-reactive ketones (excluding diaryl/α,β-unsaturated/α-hetero) is 1. The SMILES string of the molecule is CC(C)n1ncc(Br)c1C(=O)Cc1ccccc1F. The standard InChI is InChI=1S/C14H14BrFN2O/c1-9(2)18-14(11(15)8-17-18)13(19)7-10-5-3-4-6-12(10)16/h3-6,8-9H,7H2,1-2H3. The molecular weight excluding hydrogens is 311 g/mol. The van der Waals surface area contributed by atoms with E-state index in [1.54, 1.807) is 29.1 Å². The zero-order valence-electron chi connectivity index (χ0n) is 10.7. The van der Waals surface area contributed by atoms with E-state index in [9.17, 15) is 9.18 Å². The van der Waals surface area contributed by atoms with Gasteiger partial charge >= 0.3 is 0 Å². The lowest BCUT2D eigenvalue weighted by atomic mass is 10.1. The van der Waals surface area contributed by atoms with Gasteiger partial charge in [-0.3, -0.25) is 9.48 Å². The third kappa shape index (κ3) is 2.92. The van der Waals surface area contributed by atoms with Gasteiger partial charge in [-0.25, -0.2) is 4.39 Å². The third-order valence-electron chi connectivity index (χ3n) is 2.81. The van der Waals surface area contributed by atoms with Crippen molar-refractivity contribution >= 4 is 21.7 Å². The minimum absolute atomic E-state index is 0.0314. The van der Waals surface area contributed by atoms with Crippen molar-refractivity contribution in [3.05, 3.63) is 52.0 Å². The fraction of sp³-hybridized carbons (Fsp3) is 0.286. The molecule has 0 atom stereocenters. The highest BCUT2D eigenvalue weighted by atomic mass is 79.9. The van der Waals surface area contributed by atoms with E-state index in [0.29, 0.717) is 15.7 Å². The summed E-state index contributed by atoms with van der Waals surface area (Å²) in [6.07, 6.45) is 1.62.